The summed E-state index contributed by atoms with van der Waals surface area (Å²) in [6.45, 7) is 3.78. The van der Waals surface area contributed by atoms with Crippen molar-refractivity contribution >= 4 is 10.0 Å². The van der Waals surface area contributed by atoms with Crippen molar-refractivity contribution in [3.8, 4) is 0 Å². The van der Waals surface area contributed by atoms with Crippen molar-refractivity contribution in [1.82, 2.24) is 9.21 Å². The minimum Gasteiger partial charge on any atom is -0.296 e. The number of halogens is 4. The van der Waals surface area contributed by atoms with Gasteiger partial charge >= 0.3 is 6.18 Å². The fraction of sp³-hybridized carbons (Fsp3) is 0.700. The van der Waals surface area contributed by atoms with Crippen LogP contribution in [0.1, 0.15) is 50.2 Å². The van der Waals surface area contributed by atoms with Crippen LogP contribution in [0.25, 0.3) is 0 Å². The third-order valence-electron chi connectivity index (χ3n) is 6.19. The summed E-state index contributed by atoms with van der Waals surface area (Å²) in [5.74, 6) is -0.832. The van der Waals surface area contributed by atoms with Gasteiger partial charge in [-0.25, -0.2) is 17.1 Å². The molecule has 0 N–H and O–H groups in total. The molecule has 0 aliphatic carbocycles. The predicted octanol–water partition coefficient (Wildman–Crippen LogP) is 4.26. The molecule has 164 valence electrons. The molecule has 2 fully saturated rings. The van der Waals surface area contributed by atoms with Gasteiger partial charge in [0.1, 0.15) is 5.82 Å². The standard InChI is InChI=1S/C20H28F4N2O2S/c1-2-29(27,28)26-11-8-16(9-12-26)19-5-3-4-10-25(19)14-15-6-7-18(21)17(13-15)20(22,23)24/h6-7,13,16,19H,2-5,8-12,14H2,1H3. The number of rotatable bonds is 5. The predicted molar refractivity (Wildman–Crippen MR) is 103 cm³/mol. The van der Waals surface area contributed by atoms with Crippen molar-refractivity contribution < 1.29 is 26.0 Å². The highest BCUT2D eigenvalue weighted by Gasteiger charge is 2.36. The van der Waals surface area contributed by atoms with Gasteiger partial charge in [0.25, 0.3) is 0 Å². The van der Waals surface area contributed by atoms with E-state index in [1.54, 1.807) is 11.2 Å². The normalized spacial score (nSPS) is 23.4. The summed E-state index contributed by atoms with van der Waals surface area (Å²) < 4.78 is 78.4. The van der Waals surface area contributed by atoms with Crippen LogP contribution in [0.5, 0.6) is 0 Å². The van der Waals surface area contributed by atoms with Crippen LogP contribution in [0.15, 0.2) is 18.2 Å². The van der Waals surface area contributed by atoms with Gasteiger partial charge in [-0.15, -0.1) is 0 Å². The van der Waals surface area contributed by atoms with E-state index in [9.17, 15) is 26.0 Å². The molecule has 4 nitrogen and oxygen atoms in total. The lowest BCUT2D eigenvalue weighted by molar-refractivity contribution is -0.140. The zero-order valence-electron chi connectivity index (χ0n) is 16.6. The minimum atomic E-state index is -4.71. The zero-order valence-corrected chi connectivity index (χ0v) is 17.4. The molecule has 9 heteroatoms. The first-order valence-electron chi connectivity index (χ1n) is 10.2. The average Bonchev–Trinajstić information content (AvgIpc) is 2.69. The lowest BCUT2D eigenvalue weighted by Gasteiger charge is -2.43. The molecular formula is C20H28F4N2O2S. The van der Waals surface area contributed by atoms with E-state index >= 15 is 0 Å². The van der Waals surface area contributed by atoms with Crippen molar-refractivity contribution in [2.75, 3.05) is 25.4 Å². The molecule has 0 amide bonds. The number of piperidine rings is 2. The molecule has 2 aliphatic heterocycles. The summed E-state index contributed by atoms with van der Waals surface area (Å²) in [4.78, 5) is 2.20. The van der Waals surface area contributed by atoms with Gasteiger partial charge in [0.05, 0.1) is 11.3 Å². The lowest BCUT2D eigenvalue weighted by atomic mass is 9.84. The van der Waals surface area contributed by atoms with Crippen LogP contribution in [-0.2, 0) is 22.7 Å². The van der Waals surface area contributed by atoms with E-state index in [4.69, 9.17) is 0 Å². The van der Waals surface area contributed by atoms with E-state index in [2.05, 4.69) is 4.90 Å². The molecule has 0 aromatic heterocycles. The molecule has 1 unspecified atom stereocenters. The summed E-state index contributed by atoms with van der Waals surface area (Å²) >= 11 is 0. The smallest absolute Gasteiger partial charge is 0.296 e. The Morgan fingerprint density at radius 2 is 1.76 bits per heavy atom. The van der Waals surface area contributed by atoms with Gasteiger partial charge in [0.2, 0.25) is 10.0 Å². The quantitative estimate of drug-likeness (QED) is 0.648. The Hall–Kier alpha value is -1.19. The van der Waals surface area contributed by atoms with Crippen LogP contribution in [0, 0.1) is 11.7 Å². The number of nitrogens with zero attached hydrogens (tertiary/aromatic N) is 2. The second kappa shape index (κ2) is 8.89. The number of hydrogen-bond acceptors (Lipinski definition) is 3. The molecule has 0 radical (unpaired) electrons. The largest absolute Gasteiger partial charge is 0.419 e. The Balaban J connectivity index is 1.70. The maximum Gasteiger partial charge on any atom is 0.419 e. The SMILES string of the molecule is CCS(=O)(=O)N1CCC(C2CCCCN2Cc2ccc(F)c(C(F)(F)F)c2)CC1. The first-order valence-corrected chi connectivity index (χ1v) is 11.8. The summed E-state index contributed by atoms with van der Waals surface area (Å²) in [5.41, 5.74) is -0.765. The Labute approximate surface area is 169 Å². The highest BCUT2D eigenvalue weighted by molar-refractivity contribution is 7.89. The van der Waals surface area contributed by atoms with E-state index in [0.29, 0.717) is 31.1 Å². The van der Waals surface area contributed by atoms with Crippen LogP contribution in [0.2, 0.25) is 0 Å². The topological polar surface area (TPSA) is 40.6 Å². The summed E-state index contributed by atoms with van der Waals surface area (Å²) in [7, 11) is -3.18. The van der Waals surface area contributed by atoms with Gasteiger partial charge < -0.3 is 0 Å². The van der Waals surface area contributed by atoms with Crippen LogP contribution in [-0.4, -0.2) is 49.1 Å². The van der Waals surface area contributed by atoms with Crippen LogP contribution >= 0.6 is 0 Å². The maximum absolute atomic E-state index is 13.6. The van der Waals surface area contributed by atoms with Crippen LogP contribution in [0.4, 0.5) is 17.6 Å². The van der Waals surface area contributed by atoms with Gasteiger partial charge in [-0.1, -0.05) is 12.5 Å². The first kappa shape index (κ1) is 22.5. The van der Waals surface area contributed by atoms with Crippen molar-refractivity contribution in [2.24, 2.45) is 5.92 Å². The number of sulfonamides is 1. The van der Waals surface area contributed by atoms with Crippen molar-refractivity contribution in [3.05, 3.63) is 35.1 Å². The zero-order chi connectivity index (χ0) is 21.2. The monoisotopic (exact) mass is 436 g/mol. The van der Waals surface area contributed by atoms with Crippen molar-refractivity contribution in [2.45, 2.75) is 57.8 Å². The summed E-state index contributed by atoms with van der Waals surface area (Å²) in [6, 6.07) is 3.45. The Morgan fingerprint density at radius 1 is 1.07 bits per heavy atom. The van der Waals surface area contributed by atoms with E-state index in [0.717, 1.165) is 50.8 Å². The highest BCUT2D eigenvalue weighted by Crippen LogP contribution is 2.34. The van der Waals surface area contributed by atoms with E-state index in [1.807, 2.05) is 0 Å². The van der Waals surface area contributed by atoms with Gasteiger partial charge in [0, 0.05) is 25.7 Å². The van der Waals surface area contributed by atoms with Crippen molar-refractivity contribution in [1.29, 1.82) is 0 Å². The first-order chi connectivity index (χ1) is 13.6. The van der Waals surface area contributed by atoms with Crippen molar-refractivity contribution in [3.63, 3.8) is 0 Å². The molecule has 29 heavy (non-hydrogen) atoms. The molecule has 2 saturated heterocycles. The molecule has 0 bridgehead atoms. The van der Waals surface area contributed by atoms with Gasteiger partial charge in [0.15, 0.2) is 0 Å². The molecule has 1 atom stereocenters. The van der Waals surface area contributed by atoms with Crippen LogP contribution < -0.4 is 0 Å². The minimum absolute atomic E-state index is 0.0966. The second-order valence-corrected chi connectivity index (χ2v) is 10.2. The maximum atomic E-state index is 13.6. The van der Waals surface area contributed by atoms with E-state index in [1.165, 1.54) is 6.07 Å². The molecule has 1 aromatic carbocycles. The molecule has 0 spiro atoms. The van der Waals surface area contributed by atoms with Crippen LogP contribution in [0.3, 0.4) is 0 Å². The highest BCUT2D eigenvalue weighted by atomic mass is 32.2. The molecule has 2 heterocycles. The van der Waals surface area contributed by atoms with Gasteiger partial charge in [-0.05, 0) is 62.8 Å². The van der Waals surface area contributed by atoms with Gasteiger partial charge in [-0.3, -0.25) is 4.90 Å². The number of benzene rings is 1. The lowest BCUT2D eigenvalue weighted by Crippen LogP contribution is -2.48. The number of likely N-dealkylation sites (tertiary alicyclic amines) is 1. The average molecular weight is 437 g/mol. The van der Waals surface area contributed by atoms with E-state index < -0.39 is 27.6 Å². The molecular weight excluding hydrogens is 408 g/mol. The van der Waals surface area contributed by atoms with Gasteiger partial charge in [-0.2, -0.15) is 13.2 Å². The molecule has 3 rings (SSSR count). The summed E-state index contributed by atoms with van der Waals surface area (Å²) in [6.07, 6.45) is -0.189. The summed E-state index contributed by atoms with van der Waals surface area (Å²) in [5, 5.41) is 0. The third-order valence-corrected chi connectivity index (χ3v) is 8.07. The Kier molecular flexibility index (Phi) is 6.90. The molecule has 0 saturated carbocycles. The Morgan fingerprint density at radius 3 is 2.38 bits per heavy atom. The molecule has 1 aromatic rings. The fourth-order valence-corrected chi connectivity index (χ4v) is 5.72. The number of hydrogen-bond donors (Lipinski definition) is 0. The third kappa shape index (κ3) is 5.30. The fourth-order valence-electron chi connectivity index (χ4n) is 4.59. The number of alkyl halides is 3. The van der Waals surface area contributed by atoms with E-state index in [-0.39, 0.29) is 11.8 Å². The molecule has 2 aliphatic rings. The second-order valence-electron chi connectivity index (χ2n) is 7.98. The Bertz CT molecular complexity index is 805.